The van der Waals surface area contributed by atoms with Gasteiger partial charge in [0, 0.05) is 28.0 Å². The maximum absolute atomic E-state index is 13.7. The third-order valence-corrected chi connectivity index (χ3v) is 11.3. The lowest BCUT2D eigenvalue weighted by atomic mass is 9.46. The van der Waals surface area contributed by atoms with E-state index in [9.17, 15) is 19.8 Å². The van der Waals surface area contributed by atoms with Gasteiger partial charge in [-0.3, -0.25) is 9.59 Å². The number of hydrogen-bond acceptors (Lipinski definition) is 8. The molecule has 5 aliphatic rings. The van der Waals surface area contributed by atoms with Crippen molar-refractivity contribution >= 4 is 17.3 Å². The highest BCUT2D eigenvalue weighted by molar-refractivity contribution is 6.01. The fourth-order valence-corrected chi connectivity index (χ4v) is 9.41. The van der Waals surface area contributed by atoms with Crippen LogP contribution in [0.1, 0.15) is 56.9 Å². The summed E-state index contributed by atoms with van der Waals surface area (Å²) in [4.78, 5) is 25.9. The molecule has 8 nitrogen and oxygen atoms in total. The van der Waals surface area contributed by atoms with Crippen LogP contribution >= 0.6 is 0 Å². The number of rotatable bonds is 6. The molecular weight excluding hydrogens is 546 g/mol. The molecule has 2 aromatic carbocycles. The first kappa shape index (κ1) is 28.5. The van der Waals surface area contributed by atoms with E-state index >= 15 is 0 Å². The van der Waals surface area contributed by atoms with Crippen molar-refractivity contribution in [2.75, 3.05) is 12.3 Å². The number of carbonyl (C=O) groups excluding carboxylic acids is 2. The second kappa shape index (κ2) is 10.1. The first-order chi connectivity index (χ1) is 20.6. The summed E-state index contributed by atoms with van der Waals surface area (Å²) in [6, 6.07) is 15.0. The SMILES string of the molecule is C[C@]12C=CC(=O)C=C1CC[C@@H]1[C@@H]2[C@@H](O)C[C@@]2(C)[C@H]1C[C@H]1O[C@@H](c3ccc(OCc4cccc(N)c4)cc3)O[C@]12C(=O)CO. The van der Waals surface area contributed by atoms with Crippen LogP contribution in [0.3, 0.4) is 0 Å². The molecule has 0 amide bonds. The van der Waals surface area contributed by atoms with Gasteiger partial charge in [-0.05, 0) is 79.5 Å². The highest BCUT2D eigenvalue weighted by Crippen LogP contribution is 2.70. The van der Waals surface area contributed by atoms with Crippen molar-refractivity contribution in [3.05, 3.63) is 83.5 Å². The van der Waals surface area contributed by atoms with Crippen molar-refractivity contribution in [2.45, 2.75) is 70.2 Å². The molecule has 43 heavy (non-hydrogen) atoms. The average Bonchev–Trinajstić information content (AvgIpc) is 3.49. The second-order valence-corrected chi connectivity index (χ2v) is 13.4. The molecule has 0 bridgehead atoms. The molecule has 4 fully saturated rings. The number of fused-ring (bicyclic) bond motifs is 7. The van der Waals surface area contributed by atoms with Gasteiger partial charge in [-0.25, -0.2) is 0 Å². The molecule has 4 aliphatic carbocycles. The van der Waals surface area contributed by atoms with Gasteiger partial charge in [0.15, 0.2) is 23.5 Å². The third kappa shape index (κ3) is 4.18. The van der Waals surface area contributed by atoms with Crippen LogP contribution in [0.5, 0.6) is 5.75 Å². The van der Waals surface area contributed by atoms with Crippen molar-refractivity contribution < 1.29 is 34.0 Å². The Morgan fingerprint density at radius 1 is 1.16 bits per heavy atom. The number of ketones is 2. The monoisotopic (exact) mass is 585 g/mol. The second-order valence-electron chi connectivity index (χ2n) is 13.4. The van der Waals surface area contributed by atoms with E-state index in [-0.39, 0.29) is 23.5 Å². The van der Waals surface area contributed by atoms with Crippen molar-refractivity contribution in [1.82, 2.24) is 0 Å². The molecule has 0 radical (unpaired) electrons. The Labute approximate surface area is 251 Å². The van der Waals surface area contributed by atoms with Crippen LogP contribution in [0.25, 0.3) is 0 Å². The zero-order valence-electron chi connectivity index (χ0n) is 24.6. The van der Waals surface area contributed by atoms with Gasteiger partial charge in [0.25, 0.3) is 0 Å². The Bertz CT molecular complexity index is 1520. The maximum Gasteiger partial charge on any atom is 0.193 e. The normalized spacial score (nSPS) is 39.3. The van der Waals surface area contributed by atoms with Crippen LogP contribution < -0.4 is 10.5 Å². The number of Topliss-reactive ketones (excluding diaryl/α,β-unsaturated/α-hetero) is 1. The standard InChI is InChI=1S/C35H39NO7/c1-33-13-12-24(38)15-22(33)8-11-26-27-16-30-35(29(40)18-37,34(27,2)17-28(39)31(26)33)43-32(42-30)21-6-9-25(10-7-21)41-19-20-4-3-5-23(36)14-20/h3-7,9-10,12-15,26-28,30-32,37,39H,8,11,16-19,36H2,1-2H3/t26-,27-,28-,30+,31+,32+,33-,34-,35+/m0/s1. The number of anilines is 1. The largest absolute Gasteiger partial charge is 0.489 e. The predicted octanol–water partition coefficient (Wildman–Crippen LogP) is 4.45. The summed E-state index contributed by atoms with van der Waals surface area (Å²) in [5.41, 5.74) is 6.83. The molecule has 226 valence electrons. The predicted molar refractivity (Wildman–Crippen MR) is 159 cm³/mol. The smallest absolute Gasteiger partial charge is 0.193 e. The van der Waals surface area contributed by atoms with Crippen LogP contribution in [0.4, 0.5) is 5.69 Å². The molecule has 1 aliphatic heterocycles. The topological polar surface area (TPSA) is 128 Å². The molecule has 0 spiro atoms. The van der Waals surface area contributed by atoms with Gasteiger partial charge in [0.2, 0.25) is 0 Å². The summed E-state index contributed by atoms with van der Waals surface area (Å²) in [6.45, 7) is 3.88. The van der Waals surface area contributed by atoms with Gasteiger partial charge in [-0.15, -0.1) is 0 Å². The van der Waals surface area contributed by atoms with Gasteiger partial charge >= 0.3 is 0 Å². The van der Waals surface area contributed by atoms with Crippen LogP contribution in [-0.4, -0.2) is 46.2 Å². The quantitative estimate of drug-likeness (QED) is 0.425. The number of nitrogen functional groups attached to an aromatic ring is 1. The van der Waals surface area contributed by atoms with Gasteiger partial charge in [-0.2, -0.15) is 0 Å². The molecule has 8 heteroatoms. The Morgan fingerprint density at radius 2 is 1.95 bits per heavy atom. The van der Waals surface area contributed by atoms with Gasteiger partial charge < -0.3 is 30.2 Å². The Balaban J connectivity index is 1.14. The van der Waals surface area contributed by atoms with Crippen LogP contribution in [-0.2, 0) is 25.7 Å². The van der Waals surface area contributed by atoms with Crippen molar-refractivity contribution in [2.24, 2.45) is 28.6 Å². The molecule has 2 aromatic rings. The number of ether oxygens (including phenoxy) is 3. The number of nitrogens with two attached hydrogens (primary N) is 1. The van der Waals surface area contributed by atoms with Crippen LogP contribution in [0, 0.1) is 28.6 Å². The summed E-state index contributed by atoms with van der Waals surface area (Å²) in [7, 11) is 0. The third-order valence-electron chi connectivity index (χ3n) is 11.3. The fraction of sp³-hybridized carbons (Fsp3) is 0.486. The lowest BCUT2D eigenvalue weighted by Gasteiger charge is -2.59. The summed E-state index contributed by atoms with van der Waals surface area (Å²) in [5.74, 6) is 0.364. The average molecular weight is 586 g/mol. The van der Waals surface area contributed by atoms with Gasteiger partial charge in [0.05, 0.1) is 12.2 Å². The molecule has 0 unspecified atom stereocenters. The Kier molecular flexibility index (Phi) is 6.70. The van der Waals surface area contributed by atoms with E-state index < -0.39 is 47.3 Å². The Hall–Kier alpha value is -3.30. The summed E-state index contributed by atoms with van der Waals surface area (Å²) < 4.78 is 19.1. The van der Waals surface area contributed by atoms with Crippen molar-refractivity contribution in [1.29, 1.82) is 0 Å². The molecule has 1 heterocycles. The summed E-state index contributed by atoms with van der Waals surface area (Å²) >= 11 is 0. The van der Waals surface area contributed by atoms with E-state index in [1.165, 1.54) is 0 Å². The molecular formula is C35H39NO7. The lowest BCUT2D eigenvalue weighted by molar-refractivity contribution is -0.201. The van der Waals surface area contributed by atoms with E-state index in [4.69, 9.17) is 19.9 Å². The summed E-state index contributed by atoms with van der Waals surface area (Å²) in [6.07, 6.45) is 5.83. The molecule has 9 atom stereocenters. The van der Waals surface area contributed by atoms with E-state index in [2.05, 4.69) is 6.92 Å². The minimum atomic E-state index is -1.37. The van der Waals surface area contributed by atoms with Crippen LogP contribution in [0.15, 0.2) is 72.3 Å². The van der Waals surface area contributed by atoms with Crippen LogP contribution in [0.2, 0.25) is 0 Å². The molecule has 0 aromatic heterocycles. The Morgan fingerprint density at radius 3 is 2.70 bits per heavy atom. The fourth-order valence-electron chi connectivity index (χ4n) is 9.41. The number of aliphatic hydroxyl groups excluding tert-OH is 2. The number of benzene rings is 2. The summed E-state index contributed by atoms with van der Waals surface area (Å²) in [5, 5.41) is 22.0. The highest BCUT2D eigenvalue weighted by Gasteiger charge is 2.75. The number of carbonyl (C=O) groups is 2. The van der Waals surface area contributed by atoms with E-state index in [0.29, 0.717) is 30.9 Å². The number of aliphatic hydroxyl groups is 2. The zero-order valence-corrected chi connectivity index (χ0v) is 24.6. The van der Waals surface area contributed by atoms with Crippen molar-refractivity contribution in [3.63, 3.8) is 0 Å². The van der Waals surface area contributed by atoms with E-state index in [1.807, 2.05) is 61.5 Å². The maximum atomic E-state index is 13.7. The van der Waals surface area contributed by atoms with Gasteiger partial charge in [-0.1, -0.05) is 49.8 Å². The minimum absolute atomic E-state index is 0.00206. The van der Waals surface area contributed by atoms with Crippen molar-refractivity contribution in [3.8, 4) is 5.75 Å². The van der Waals surface area contributed by atoms with Gasteiger partial charge in [0.1, 0.15) is 19.0 Å². The minimum Gasteiger partial charge on any atom is -0.489 e. The zero-order chi connectivity index (χ0) is 30.1. The van der Waals surface area contributed by atoms with E-state index in [0.717, 1.165) is 29.5 Å². The molecule has 7 rings (SSSR count). The number of allylic oxidation sites excluding steroid dienone is 4. The molecule has 1 saturated heterocycles. The first-order valence-corrected chi connectivity index (χ1v) is 15.3. The highest BCUT2D eigenvalue weighted by atomic mass is 16.7. The first-order valence-electron chi connectivity index (χ1n) is 15.3. The van der Waals surface area contributed by atoms with E-state index in [1.54, 1.807) is 12.2 Å². The number of hydrogen-bond donors (Lipinski definition) is 3. The lowest BCUT2D eigenvalue weighted by Crippen LogP contribution is -2.63. The molecule has 3 saturated carbocycles. The molecule has 4 N–H and O–H groups in total.